The van der Waals surface area contributed by atoms with E-state index in [0.29, 0.717) is 6.54 Å². The second-order valence-electron chi connectivity index (χ2n) is 5.95. The first kappa shape index (κ1) is 13.2. The second kappa shape index (κ2) is 6.09. The van der Waals surface area contributed by atoms with Gasteiger partial charge in [-0.15, -0.1) is 0 Å². The van der Waals surface area contributed by atoms with E-state index < -0.39 is 0 Å². The number of hydrogen-bond acceptors (Lipinski definition) is 3. The van der Waals surface area contributed by atoms with Crippen LogP contribution in [0.3, 0.4) is 0 Å². The quantitative estimate of drug-likeness (QED) is 0.819. The van der Waals surface area contributed by atoms with E-state index in [2.05, 4.69) is 5.32 Å². The lowest BCUT2D eigenvalue weighted by Crippen LogP contribution is -2.42. The number of amides is 2. The van der Waals surface area contributed by atoms with Gasteiger partial charge in [-0.2, -0.15) is 0 Å². The smallest absolute Gasteiger partial charge is 0.317 e. The first-order valence-corrected chi connectivity index (χ1v) is 7.57. The highest BCUT2D eigenvalue weighted by molar-refractivity contribution is 5.74. The van der Waals surface area contributed by atoms with Crippen molar-refractivity contribution in [3.63, 3.8) is 0 Å². The monoisotopic (exact) mass is 268 g/mol. The van der Waals surface area contributed by atoms with E-state index in [9.17, 15) is 4.79 Å². The molecular weight excluding hydrogens is 244 g/mol. The Morgan fingerprint density at radius 2 is 2.21 bits per heavy atom. The summed E-state index contributed by atoms with van der Waals surface area (Å²) >= 11 is 0. The number of urea groups is 1. The van der Waals surface area contributed by atoms with Gasteiger partial charge in [-0.3, -0.25) is 0 Å². The molecule has 3 aliphatic rings. The van der Waals surface area contributed by atoms with E-state index in [4.69, 9.17) is 9.47 Å². The summed E-state index contributed by atoms with van der Waals surface area (Å²) in [5, 5.41) is 2.97. The van der Waals surface area contributed by atoms with Crippen LogP contribution in [-0.4, -0.2) is 56.0 Å². The van der Waals surface area contributed by atoms with Gasteiger partial charge < -0.3 is 19.7 Å². The Kier molecular flexibility index (Phi) is 4.23. The Balaban J connectivity index is 1.33. The van der Waals surface area contributed by atoms with Gasteiger partial charge in [0.2, 0.25) is 0 Å². The van der Waals surface area contributed by atoms with Crippen LogP contribution in [0.15, 0.2) is 0 Å². The van der Waals surface area contributed by atoms with Crippen LogP contribution in [0.5, 0.6) is 0 Å². The van der Waals surface area contributed by atoms with Crippen LogP contribution in [0.4, 0.5) is 4.79 Å². The van der Waals surface area contributed by atoms with Crippen LogP contribution in [-0.2, 0) is 9.47 Å². The minimum Gasteiger partial charge on any atom is -0.376 e. The number of likely N-dealkylation sites (tertiary alicyclic amines) is 1. The van der Waals surface area contributed by atoms with Crippen molar-refractivity contribution < 1.29 is 14.3 Å². The maximum Gasteiger partial charge on any atom is 0.317 e. The molecule has 2 amide bonds. The van der Waals surface area contributed by atoms with Crippen molar-refractivity contribution in [3.8, 4) is 0 Å². The van der Waals surface area contributed by atoms with Gasteiger partial charge >= 0.3 is 6.03 Å². The van der Waals surface area contributed by atoms with Crippen molar-refractivity contribution in [2.75, 3.05) is 32.8 Å². The third kappa shape index (κ3) is 3.83. The molecule has 0 aromatic rings. The molecule has 1 aliphatic carbocycles. The molecule has 0 radical (unpaired) electrons. The van der Waals surface area contributed by atoms with Crippen molar-refractivity contribution in [1.29, 1.82) is 0 Å². The van der Waals surface area contributed by atoms with Gasteiger partial charge in [-0.1, -0.05) is 0 Å². The summed E-state index contributed by atoms with van der Waals surface area (Å²) in [6.45, 7) is 3.91. The third-order valence-electron chi connectivity index (χ3n) is 4.20. The molecule has 1 N–H and O–H groups in total. The van der Waals surface area contributed by atoms with E-state index in [-0.39, 0.29) is 18.2 Å². The Hall–Kier alpha value is -0.810. The van der Waals surface area contributed by atoms with Crippen LogP contribution in [0, 0.1) is 5.92 Å². The normalized spacial score (nSPS) is 30.8. The standard InChI is InChI=1S/C14H24N2O3/c17-14(15-8-12-2-1-7-18-12)16-6-5-13(9-16)19-10-11-3-4-11/h11-13H,1-10H2,(H,15,17). The van der Waals surface area contributed by atoms with Gasteiger partial charge in [-0.25, -0.2) is 4.79 Å². The number of carbonyl (C=O) groups is 1. The lowest BCUT2D eigenvalue weighted by Gasteiger charge is -2.19. The zero-order valence-electron chi connectivity index (χ0n) is 11.5. The predicted octanol–water partition coefficient (Wildman–Crippen LogP) is 1.38. The van der Waals surface area contributed by atoms with E-state index in [0.717, 1.165) is 51.5 Å². The fraction of sp³-hybridized carbons (Fsp3) is 0.929. The molecule has 0 bridgehead atoms. The predicted molar refractivity (Wildman–Crippen MR) is 71.0 cm³/mol. The van der Waals surface area contributed by atoms with Crippen molar-refractivity contribution in [3.05, 3.63) is 0 Å². The number of carbonyl (C=O) groups excluding carboxylic acids is 1. The first-order chi connectivity index (χ1) is 9.31. The van der Waals surface area contributed by atoms with E-state index in [1.165, 1.54) is 12.8 Å². The molecule has 2 atom stereocenters. The average molecular weight is 268 g/mol. The second-order valence-corrected chi connectivity index (χ2v) is 5.95. The molecule has 5 heteroatoms. The van der Waals surface area contributed by atoms with E-state index >= 15 is 0 Å². The fourth-order valence-electron chi connectivity index (χ4n) is 2.72. The van der Waals surface area contributed by atoms with Gasteiger partial charge in [0, 0.05) is 32.8 Å². The molecule has 0 spiro atoms. The number of hydrogen-bond donors (Lipinski definition) is 1. The molecule has 2 heterocycles. The third-order valence-corrected chi connectivity index (χ3v) is 4.20. The summed E-state index contributed by atoms with van der Waals surface area (Å²) in [6.07, 6.45) is 6.24. The Morgan fingerprint density at radius 1 is 1.32 bits per heavy atom. The van der Waals surface area contributed by atoms with Gasteiger partial charge in [0.05, 0.1) is 12.2 Å². The molecule has 3 fully saturated rings. The summed E-state index contributed by atoms with van der Waals surface area (Å²) in [4.78, 5) is 13.9. The van der Waals surface area contributed by atoms with Gasteiger partial charge in [0.25, 0.3) is 0 Å². The van der Waals surface area contributed by atoms with E-state index in [1.807, 2.05) is 4.90 Å². The Morgan fingerprint density at radius 3 is 2.95 bits per heavy atom. The molecule has 1 saturated carbocycles. The highest BCUT2D eigenvalue weighted by Gasteiger charge is 2.29. The summed E-state index contributed by atoms with van der Waals surface area (Å²) in [6, 6.07) is 0.0352. The highest BCUT2D eigenvalue weighted by Crippen LogP contribution is 2.30. The van der Waals surface area contributed by atoms with Crippen LogP contribution < -0.4 is 5.32 Å². The van der Waals surface area contributed by atoms with Crippen molar-refractivity contribution in [1.82, 2.24) is 10.2 Å². The van der Waals surface area contributed by atoms with Crippen LogP contribution in [0.2, 0.25) is 0 Å². The van der Waals surface area contributed by atoms with Crippen LogP contribution >= 0.6 is 0 Å². The molecule has 2 unspecified atom stereocenters. The zero-order chi connectivity index (χ0) is 13.1. The van der Waals surface area contributed by atoms with Gasteiger partial charge in [0.15, 0.2) is 0 Å². The largest absolute Gasteiger partial charge is 0.376 e. The summed E-state index contributed by atoms with van der Waals surface area (Å²) in [5.41, 5.74) is 0. The molecule has 0 aromatic heterocycles. The topological polar surface area (TPSA) is 50.8 Å². The number of rotatable bonds is 5. The SMILES string of the molecule is O=C(NCC1CCCO1)N1CCC(OCC2CC2)C1. The summed E-state index contributed by atoms with van der Waals surface area (Å²) < 4.78 is 11.3. The average Bonchev–Trinajstić information content (AvgIpc) is 2.94. The summed E-state index contributed by atoms with van der Waals surface area (Å²) in [7, 11) is 0. The minimum absolute atomic E-state index is 0.0352. The molecule has 2 aliphatic heterocycles. The van der Waals surface area contributed by atoms with Crippen LogP contribution in [0.1, 0.15) is 32.1 Å². The van der Waals surface area contributed by atoms with Gasteiger partial charge in [0.1, 0.15) is 0 Å². The van der Waals surface area contributed by atoms with Gasteiger partial charge in [-0.05, 0) is 38.0 Å². The van der Waals surface area contributed by atoms with Crippen molar-refractivity contribution in [2.45, 2.75) is 44.3 Å². The number of ether oxygens (including phenoxy) is 2. The van der Waals surface area contributed by atoms with Crippen LogP contribution in [0.25, 0.3) is 0 Å². The maximum atomic E-state index is 12.0. The zero-order valence-corrected chi connectivity index (χ0v) is 11.5. The number of nitrogens with zero attached hydrogens (tertiary/aromatic N) is 1. The van der Waals surface area contributed by atoms with E-state index in [1.54, 1.807) is 0 Å². The first-order valence-electron chi connectivity index (χ1n) is 7.57. The molecular formula is C14H24N2O3. The van der Waals surface area contributed by atoms with Crippen molar-refractivity contribution in [2.24, 2.45) is 5.92 Å². The molecule has 0 aromatic carbocycles. The lowest BCUT2D eigenvalue weighted by molar-refractivity contribution is 0.0536. The Bertz CT molecular complexity index is 314. The molecule has 2 saturated heterocycles. The summed E-state index contributed by atoms with van der Waals surface area (Å²) in [5.74, 6) is 0.794. The molecule has 108 valence electrons. The highest BCUT2D eigenvalue weighted by atomic mass is 16.5. The molecule has 3 rings (SSSR count). The number of nitrogens with one attached hydrogen (secondary N) is 1. The Labute approximate surface area is 114 Å². The minimum atomic E-state index is 0.0352. The lowest BCUT2D eigenvalue weighted by atomic mass is 10.2. The molecule has 19 heavy (non-hydrogen) atoms. The fourth-order valence-corrected chi connectivity index (χ4v) is 2.72. The van der Waals surface area contributed by atoms with Crippen molar-refractivity contribution >= 4 is 6.03 Å². The maximum absolute atomic E-state index is 12.0. The molecule has 5 nitrogen and oxygen atoms in total.